The number of hydrogen-bond acceptors (Lipinski definition) is 7. The van der Waals surface area contributed by atoms with E-state index < -0.39 is 17.8 Å². The number of nitrogens with two attached hydrogens (primary N) is 1. The number of ketones is 1. The van der Waals surface area contributed by atoms with Crippen molar-refractivity contribution in [1.82, 2.24) is 0 Å². The van der Waals surface area contributed by atoms with Crippen molar-refractivity contribution in [2.45, 2.75) is 39.5 Å². The Morgan fingerprint density at radius 1 is 1.19 bits per heavy atom. The van der Waals surface area contributed by atoms with Crippen LogP contribution in [0.5, 0.6) is 5.75 Å². The zero-order valence-corrected chi connectivity index (χ0v) is 21.9. The third-order valence-electron chi connectivity index (χ3n) is 6.40. The molecule has 0 aromatic heterocycles. The first-order chi connectivity index (χ1) is 17.5. The van der Waals surface area contributed by atoms with Gasteiger partial charge in [-0.1, -0.05) is 49.7 Å². The molecule has 0 bridgehead atoms. The molecule has 3 N–H and O–H groups in total. The number of amides is 1. The number of esters is 1. The molecule has 0 saturated carbocycles. The van der Waals surface area contributed by atoms with Crippen LogP contribution in [0.3, 0.4) is 0 Å². The van der Waals surface area contributed by atoms with E-state index in [-0.39, 0.29) is 35.7 Å². The molecule has 2 aromatic carbocycles. The van der Waals surface area contributed by atoms with E-state index in [0.717, 1.165) is 5.56 Å². The first-order valence-corrected chi connectivity index (χ1v) is 12.2. The quantitative estimate of drug-likeness (QED) is 0.523. The van der Waals surface area contributed by atoms with Crippen molar-refractivity contribution >= 4 is 34.9 Å². The topological polar surface area (TPSA) is 117 Å². The molecule has 1 aliphatic heterocycles. The average Bonchev–Trinajstić information content (AvgIpc) is 2.83. The number of allylic oxidation sites excluding steroid dienone is 2. The van der Waals surface area contributed by atoms with Crippen molar-refractivity contribution < 1.29 is 28.6 Å². The number of halogens is 1. The van der Waals surface area contributed by atoms with Crippen LogP contribution in [0.25, 0.3) is 0 Å². The average molecular weight is 525 g/mol. The first-order valence-electron chi connectivity index (χ1n) is 11.8. The molecule has 0 saturated heterocycles. The lowest BCUT2D eigenvalue weighted by Crippen LogP contribution is -2.35. The molecule has 0 fully saturated rings. The number of carbonyl (C=O) groups excluding carboxylic acids is 3. The van der Waals surface area contributed by atoms with Crippen molar-refractivity contribution in [3.8, 4) is 5.75 Å². The second kappa shape index (κ2) is 10.3. The second-order valence-corrected chi connectivity index (χ2v) is 10.3. The summed E-state index contributed by atoms with van der Waals surface area (Å²) in [4.78, 5) is 38.8. The van der Waals surface area contributed by atoms with Crippen molar-refractivity contribution in [3.63, 3.8) is 0 Å². The third-order valence-corrected chi connectivity index (χ3v) is 6.81. The number of para-hydroxylation sites is 1. The fraction of sp³-hybridized carbons (Fsp3) is 0.321. The van der Waals surface area contributed by atoms with Gasteiger partial charge in [-0.2, -0.15) is 0 Å². The van der Waals surface area contributed by atoms with E-state index >= 15 is 0 Å². The van der Waals surface area contributed by atoms with Crippen molar-refractivity contribution in [2.24, 2.45) is 11.1 Å². The Kier molecular flexibility index (Phi) is 7.32. The Labute approximate surface area is 220 Å². The highest BCUT2D eigenvalue weighted by atomic mass is 35.5. The van der Waals surface area contributed by atoms with E-state index in [1.165, 1.54) is 7.11 Å². The Hall–Kier alpha value is -3.78. The van der Waals surface area contributed by atoms with Gasteiger partial charge in [0.05, 0.1) is 13.0 Å². The van der Waals surface area contributed by atoms with E-state index in [2.05, 4.69) is 5.32 Å². The molecule has 1 aliphatic carbocycles. The summed E-state index contributed by atoms with van der Waals surface area (Å²) < 4.78 is 16.7. The minimum atomic E-state index is -0.866. The smallest absolute Gasteiger partial charge is 0.340 e. The van der Waals surface area contributed by atoms with E-state index in [4.69, 9.17) is 31.5 Å². The third kappa shape index (κ3) is 5.49. The number of benzene rings is 2. The number of ether oxygens (including phenoxy) is 3. The van der Waals surface area contributed by atoms with Gasteiger partial charge in [0, 0.05) is 34.7 Å². The molecule has 8 nitrogen and oxygen atoms in total. The van der Waals surface area contributed by atoms with E-state index in [1.54, 1.807) is 42.5 Å². The Balaban J connectivity index is 1.67. The molecule has 2 aliphatic rings. The van der Waals surface area contributed by atoms with Gasteiger partial charge < -0.3 is 25.3 Å². The fourth-order valence-corrected chi connectivity index (χ4v) is 4.85. The number of carbonyl (C=O) groups is 3. The lowest BCUT2D eigenvalue weighted by molar-refractivity contribution is -0.136. The summed E-state index contributed by atoms with van der Waals surface area (Å²) in [5.74, 6) is -1.49. The summed E-state index contributed by atoms with van der Waals surface area (Å²) in [7, 11) is 1.24. The number of rotatable bonds is 6. The molecule has 0 radical (unpaired) electrons. The van der Waals surface area contributed by atoms with Crippen LogP contribution in [-0.4, -0.2) is 31.4 Å². The molecule has 1 amide bonds. The maximum atomic E-state index is 13.4. The monoisotopic (exact) mass is 524 g/mol. The Bertz CT molecular complexity index is 1340. The molecule has 1 heterocycles. The lowest BCUT2D eigenvalue weighted by atomic mass is 9.70. The van der Waals surface area contributed by atoms with Gasteiger partial charge in [0.25, 0.3) is 5.91 Å². The summed E-state index contributed by atoms with van der Waals surface area (Å²) in [6.07, 6.45) is 0.759. The number of hydrogen-bond donors (Lipinski definition) is 2. The largest absolute Gasteiger partial charge is 0.483 e. The van der Waals surface area contributed by atoms with E-state index in [0.29, 0.717) is 39.8 Å². The van der Waals surface area contributed by atoms with Crippen molar-refractivity contribution in [3.05, 3.63) is 81.4 Å². The summed E-state index contributed by atoms with van der Waals surface area (Å²) >= 11 is 6.15. The summed E-state index contributed by atoms with van der Waals surface area (Å²) in [5, 5.41) is 3.28. The van der Waals surface area contributed by atoms with Gasteiger partial charge in [0.1, 0.15) is 17.1 Å². The van der Waals surface area contributed by atoms with Crippen molar-refractivity contribution in [1.29, 1.82) is 0 Å². The van der Waals surface area contributed by atoms with Gasteiger partial charge in [-0.3, -0.25) is 9.59 Å². The van der Waals surface area contributed by atoms with Crippen molar-refractivity contribution in [2.75, 3.05) is 19.0 Å². The lowest BCUT2D eigenvalue weighted by Gasteiger charge is -2.38. The highest BCUT2D eigenvalue weighted by Crippen LogP contribution is 2.49. The molecule has 0 spiro atoms. The number of nitrogens with one attached hydrogen (secondary N) is 1. The van der Waals surface area contributed by atoms with Crippen LogP contribution < -0.4 is 15.8 Å². The number of methoxy groups -OCH3 is 1. The normalized spacial score (nSPS) is 18.6. The SMILES string of the molecule is COC(=O)C1=C(N)OC2=C(C(=O)CC(C)(C)C2)C1c1ccccc1OCC(=O)Nc1ccc(C)c(Cl)c1. The number of anilines is 1. The highest BCUT2D eigenvalue weighted by Gasteiger charge is 2.45. The van der Waals surface area contributed by atoms with Crippen LogP contribution in [0.1, 0.15) is 43.7 Å². The molecule has 194 valence electrons. The van der Waals surface area contributed by atoms with Gasteiger partial charge in [-0.05, 0) is 36.1 Å². The molecule has 37 heavy (non-hydrogen) atoms. The van der Waals surface area contributed by atoms with Gasteiger partial charge in [-0.25, -0.2) is 4.79 Å². The molecule has 4 rings (SSSR count). The fourth-order valence-electron chi connectivity index (χ4n) is 4.67. The van der Waals surface area contributed by atoms with Crippen LogP contribution >= 0.6 is 11.6 Å². The molecule has 1 atom stereocenters. The molecular weight excluding hydrogens is 496 g/mol. The zero-order chi connectivity index (χ0) is 26.9. The first kappa shape index (κ1) is 26.3. The number of aryl methyl sites for hydroxylation is 1. The summed E-state index contributed by atoms with van der Waals surface area (Å²) in [6.45, 7) is 5.50. The summed E-state index contributed by atoms with van der Waals surface area (Å²) in [5.41, 5.74) is 8.18. The minimum absolute atomic E-state index is 0.0177. The second-order valence-electron chi connectivity index (χ2n) is 9.92. The number of Topliss-reactive ketones (excluding diaryl/α,β-unsaturated/α-hetero) is 1. The molecular formula is C28H29ClN2O6. The molecule has 2 aromatic rings. The Morgan fingerprint density at radius 3 is 2.62 bits per heavy atom. The molecule has 9 heteroatoms. The van der Waals surface area contributed by atoms with E-state index in [9.17, 15) is 14.4 Å². The molecule has 1 unspecified atom stereocenters. The maximum Gasteiger partial charge on any atom is 0.340 e. The van der Waals surface area contributed by atoms with Gasteiger partial charge in [0.2, 0.25) is 5.88 Å². The van der Waals surface area contributed by atoms with Crippen LogP contribution in [0.15, 0.2) is 65.3 Å². The minimum Gasteiger partial charge on any atom is -0.483 e. The summed E-state index contributed by atoms with van der Waals surface area (Å²) in [6, 6.07) is 12.1. The van der Waals surface area contributed by atoms with Gasteiger partial charge in [0.15, 0.2) is 12.4 Å². The zero-order valence-electron chi connectivity index (χ0n) is 21.1. The van der Waals surface area contributed by atoms with Crippen LogP contribution in [-0.2, 0) is 23.9 Å². The van der Waals surface area contributed by atoms with Crippen LogP contribution in [0.4, 0.5) is 5.69 Å². The predicted octanol–water partition coefficient (Wildman–Crippen LogP) is 4.77. The predicted molar refractivity (Wildman–Crippen MR) is 139 cm³/mol. The van der Waals surface area contributed by atoms with Gasteiger partial charge >= 0.3 is 5.97 Å². The highest BCUT2D eigenvalue weighted by molar-refractivity contribution is 6.31. The maximum absolute atomic E-state index is 13.4. The standard InChI is InChI=1S/C28H29ClN2O6/c1-15-9-10-16(11-18(15)29)31-22(33)14-36-20-8-6-5-7-17(20)23-24-19(32)12-28(2,3)13-21(24)37-26(30)25(23)27(34)35-4/h5-11,23H,12-14,30H2,1-4H3,(H,31,33). The van der Waals surface area contributed by atoms with Crippen LogP contribution in [0, 0.1) is 12.3 Å². The van der Waals surface area contributed by atoms with Gasteiger partial charge in [-0.15, -0.1) is 0 Å². The Morgan fingerprint density at radius 2 is 1.92 bits per heavy atom. The van der Waals surface area contributed by atoms with Crippen LogP contribution in [0.2, 0.25) is 5.02 Å². The van der Waals surface area contributed by atoms with E-state index in [1.807, 2.05) is 20.8 Å².